The molecular formula is C24H21FN4O4S. The fourth-order valence-corrected chi connectivity index (χ4v) is 4.37. The Balaban J connectivity index is 1.52. The fourth-order valence-electron chi connectivity index (χ4n) is 3.53. The van der Waals surface area contributed by atoms with Crippen LogP contribution in [0.5, 0.6) is 0 Å². The Morgan fingerprint density at radius 2 is 1.68 bits per heavy atom. The number of anilines is 1. The van der Waals surface area contributed by atoms with Crippen molar-refractivity contribution in [2.45, 2.75) is 19.5 Å². The molecule has 0 atom stereocenters. The van der Waals surface area contributed by atoms with Gasteiger partial charge in [0, 0.05) is 12.2 Å². The number of fused-ring (bicyclic) bond motifs is 1. The van der Waals surface area contributed by atoms with E-state index in [1.54, 1.807) is 11.4 Å². The maximum Gasteiger partial charge on any atom is 0.332 e. The van der Waals surface area contributed by atoms with Crippen LogP contribution >= 0.6 is 11.3 Å². The molecule has 2 aromatic carbocycles. The molecule has 2 aromatic heterocycles. The summed E-state index contributed by atoms with van der Waals surface area (Å²) in [5.41, 5.74) is 0.228. The molecular weight excluding hydrogens is 459 g/mol. The van der Waals surface area contributed by atoms with Crippen molar-refractivity contribution in [3.8, 4) is 0 Å². The molecule has 0 bridgehead atoms. The highest BCUT2D eigenvalue weighted by Gasteiger charge is 2.18. The van der Waals surface area contributed by atoms with Crippen LogP contribution in [-0.4, -0.2) is 27.5 Å². The number of hydrogen-bond acceptors (Lipinski definition) is 5. The zero-order chi connectivity index (χ0) is 24.1. The summed E-state index contributed by atoms with van der Waals surface area (Å²) in [6.45, 7) is -0.520. The minimum atomic E-state index is -0.775. The number of carbonyl (C=O) groups excluding carboxylic acids is 2. The van der Waals surface area contributed by atoms with E-state index in [0.717, 1.165) is 32.1 Å². The number of aromatic nitrogens is 2. The number of halogens is 1. The van der Waals surface area contributed by atoms with Crippen LogP contribution in [0.15, 0.2) is 75.6 Å². The van der Waals surface area contributed by atoms with Gasteiger partial charge >= 0.3 is 5.69 Å². The molecule has 0 radical (unpaired) electrons. The van der Waals surface area contributed by atoms with E-state index in [1.165, 1.54) is 18.2 Å². The van der Waals surface area contributed by atoms with Crippen LogP contribution in [0.25, 0.3) is 10.2 Å². The zero-order valence-electron chi connectivity index (χ0n) is 18.0. The van der Waals surface area contributed by atoms with Gasteiger partial charge in [-0.15, -0.1) is 11.3 Å². The molecule has 2 amide bonds. The first kappa shape index (κ1) is 23.1. The van der Waals surface area contributed by atoms with Gasteiger partial charge < -0.3 is 10.6 Å². The molecule has 34 heavy (non-hydrogen) atoms. The third-order valence-corrected chi connectivity index (χ3v) is 6.02. The Hall–Kier alpha value is -4.05. The lowest BCUT2D eigenvalue weighted by Gasteiger charge is -2.13. The molecule has 0 saturated heterocycles. The molecule has 0 aliphatic rings. The van der Waals surface area contributed by atoms with Gasteiger partial charge in [-0.1, -0.05) is 36.4 Å². The highest BCUT2D eigenvalue weighted by molar-refractivity contribution is 7.17. The highest BCUT2D eigenvalue weighted by atomic mass is 32.1. The van der Waals surface area contributed by atoms with Crippen molar-refractivity contribution in [1.29, 1.82) is 0 Å². The predicted molar refractivity (Wildman–Crippen MR) is 129 cm³/mol. The van der Waals surface area contributed by atoms with Gasteiger partial charge in [0.15, 0.2) is 0 Å². The molecule has 4 aromatic rings. The first-order valence-electron chi connectivity index (χ1n) is 10.5. The van der Waals surface area contributed by atoms with Gasteiger partial charge in [-0.05, 0) is 41.6 Å². The second-order valence-electron chi connectivity index (χ2n) is 7.54. The van der Waals surface area contributed by atoms with Crippen LogP contribution in [-0.2, 0) is 29.1 Å². The van der Waals surface area contributed by atoms with Crippen molar-refractivity contribution in [2.75, 3.05) is 11.9 Å². The summed E-state index contributed by atoms with van der Waals surface area (Å²) < 4.78 is 15.6. The number of carbonyl (C=O) groups is 2. The van der Waals surface area contributed by atoms with Crippen LogP contribution in [0, 0.1) is 5.82 Å². The number of thiophene rings is 1. The van der Waals surface area contributed by atoms with Crippen LogP contribution in [0.3, 0.4) is 0 Å². The van der Waals surface area contributed by atoms with Crippen molar-refractivity contribution >= 4 is 39.1 Å². The van der Waals surface area contributed by atoms with E-state index in [-0.39, 0.29) is 10.4 Å². The topological polar surface area (TPSA) is 102 Å². The fraction of sp³-hybridized carbons (Fsp3) is 0.167. The summed E-state index contributed by atoms with van der Waals surface area (Å²) in [5.74, 6) is -1.57. The van der Waals surface area contributed by atoms with Gasteiger partial charge in [-0.3, -0.25) is 19.0 Å². The molecule has 2 heterocycles. The van der Waals surface area contributed by atoms with Crippen LogP contribution < -0.4 is 21.9 Å². The van der Waals surface area contributed by atoms with E-state index in [2.05, 4.69) is 10.6 Å². The molecule has 0 aliphatic heterocycles. The lowest BCUT2D eigenvalue weighted by atomic mass is 10.1. The van der Waals surface area contributed by atoms with E-state index in [4.69, 9.17) is 0 Å². The second-order valence-corrected chi connectivity index (χ2v) is 8.46. The quantitative estimate of drug-likeness (QED) is 0.404. The van der Waals surface area contributed by atoms with E-state index in [0.29, 0.717) is 18.5 Å². The summed E-state index contributed by atoms with van der Waals surface area (Å²) in [6.07, 6.45) is 0.607. The van der Waals surface area contributed by atoms with Crippen molar-refractivity contribution in [3.05, 3.63) is 98.3 Å². The molecule has 0 unspecified atom stereocenters. The first-order valence-corrected chi connectivity index (χ1v) is 11.4. The lowest BCUT2D eigenvalue weighted by Crippen LogP contribution is -2.44. The predicted octanol–water partition coefficient (Wildman–Crippen LogP) is 2.36. The SMILES string of the molecule is O=C(Cn1c(=O)c2sccc2n(CC(=O)Nc2cccc(F)c2)c1=O)NCCc1ccccc1. The van der Waals surface area contributed by atoms with Crippen LogP contribution in [0.1, 0.15) is 5.56 Å². The van der Waals surface area contributed by atoms with Crippen LogP contribution in [0.4, 0.5) is 10.1 Å². The average Bonchev–Trinajstić information content (AvgIpc) is 3.30. The van der Waals surface area contributed by atoms with Gasteiger partial charge in [0.05, 0.1) is 5.52 Å². The monoisotopic (exact) mass is 480 g/mol. The van der Waals surface area contributed by atoms with E-state index in [9.17, 15) is 23.6 Å². The maximum absolute atomic E-state index is 13.4. The molecule has 0 saturated carbocycles. The maximum atomic E-state index is 13.4. The van der Waals surface area contributed by atoms with Crippen molar-refractivity contribution in [3.63, 3.8) is 0 Å². The van der Waals surface area contributed by atoms with Crippen LogP contribution in [0.2, 0.25) is 0 Å². The Kier molecular flexibility index (Phi) is 6.98. The summed E-state index contributed by atoms with van der Waals surface area (Å²) in [6, 6.07) is 16.5. The van der Waals surface area contributed by atoms with E-state index < -0.39 is 42.0 Å². The number of amides is 2. The zero-order valence-corrected chi connectivity index (χ0v) is 18.8. The van der Waals surface area contributed by atoms with Gasteiger partial charge in [0.1, 0.15) is 23.6 Å². The van der Waals surface area contributed by atoms with Crippen molar-refractivity contribution < 1.29 is 14.0 Å². The molecule has 4 rings (SSSR count). The first-order chi connectivity index (χ1) is 16.4. The molecule has 0 aliphatic carbocycles. The molecule has 174 valence electrons. The summed E-state index contributed by atoms with van der Waals surface area (Å²) in [4.78, 5) is 50.9. The van der Waals surface area contributed by atoms with Gasteiger partial charge in [0.2, 0.25) is 11.8 Å². The Bertz CT molecular complexity index is 1460. The summed E-state index contributed by atoms with van der Waals surface area (Å²) >= 11 is 1.12. The largest absolute Gasteiger partial charge is 0.354 e. The molecule has 2 N–H and O–H groups in total. The minimum absolute atomic E-state index is 0.241. The third-order valence-electron chi connectivity index (χ3n) is 5.13. The Morgan fingerprint density at radius 1 is 0.912 bits per heavy atom. The van der Waals surface area contributed by atoms with Gasteiger partial charge in [-0.2, -0.15) is 0 Å². The molecule has 0 fully saturated rings. The smallest absolute Gasteiger partial charge is 0.332 e. The lowest BCUT2D eigenvalue weighted by molar-refractivity contribution is -0.121. The number of benzene rings is 2. The summed E-state index contributed by atoms with van der Waals surface area (Å²) in [7, 11) is 0. The average molecular weight is 481 g/mol. The van der Waals surface area contributed by atoms with Gasteiger partial charge in [-0.25, -0.2) is 13.8 Å². The van der Waals surface area contributed by atoms with Crippen molar-refractivity contribution in [2.24, 2.45) is 0 Å². The third kappa shape index (κ3) is 5.29. The Morgan fingerprint density at radius 3 is 2.44 bits per heavy atom. The van der Waals surface area contributed by atoms with E-state index in [1.807, 2.05) is 30.3 Å². The second kappa shape index (κ2) is 10.3. The molecule has 8 nitrogen and oxygen atoms in total. The van der Waals surface area contributed by atoms with Gasteiger partial charge in [0.25, 0.3) is 5.56 Å². The summed E-state index contributed by atoms with van der Waals surface area (Å²) in [5, 5.41) is 6.88. The number of nitrogens with one attached hydrogen (secondary N) is 2. The standard InChI is InChI=1S/C24H21FN4O4S/c25-17-7-4-8-18(13-17)27-21(31)15-28-19-10-12-34-22(19)23(32)29(24(28)33)14-20(30)26-11-9-16-5-2-1-3-6-16/h1-8,10,12-13H,9,11,14-15H2,(H,26,30)(H,27,31). The Labute approximate surface area is 197 Å². The molecule has 0 spiro atoms. The van der Waals surface area contributed by atoms with E-state index >= 15 is 0 Å². The normalized spacial score (nSPS) is 10.9. The highest BCUT2D eigenvalue weighted by Crippen LogP contribution is 2.16. The number of nitrogens with zero attached hydrogens (tertiary/aromatic N) is 2. The molecule has 10 heteroatoms. The minimum Gasteiger partial charge on any atom is -0.354 e. The number of hydrogen-bond donors (Lipinski definition) is 2. The van der Waals surface area contributed by atoms with Crippen molar-refractivity contribution in [1.82, 2.24) is 14.5 Å². The number of rotatable bonds is 8.